The molecule has 0 spiro atoms. The Morgan fingerprint density at radius 2 is 1.95 bits per heavy atom. The lowest BCUT2D eigenvalue weighted by molar-refractivity contribution is -0.141. The van der Waals surface area contributed by atoms with Crippen LogP contribution in [0.15, 0.2) is 23.7 Å². The number of piperidine rings is 1. The Bertz CT molecular complexity index is 591. The molecule has 5 nitrogen and oxygen atoms in total. The van der Waals surface area contributed by atoms with Crippen molar-refractivity contribution in [1.29, 1.82) is 0 Å². The van der Waals surface area contributed by atoms with E-state index >= 15 is 0 Å². The molecule has 1 saturated heterocycles. The summed E-state index contributed by atoms with van der Waals surface area (Å²) in [6, 6.07) is 2.45. The third-order valence-electron chi connectivity index (χ3n) is 3.49. The number of anilines is 2. The topological polar surface area (TPSA) is 53.9 Å². The van der Waals surface area contributed by atoms with Crippen molar-refractivity contribution < 1.29 is 13.2 Å². The summed E-state index contributed by atoms with van der Waals surface area (Å²) in [5.41, 5.74) is -0.975. The molecular formula is C13H14F3N5S. The van der Waals surface area contributed by atoms with Crippen LogP contribution in [0.4, 0.5) is 24.1 Å². The predicted octanol–water partition coefficient (Wildman–Crippen LogP) is 3.03. The van der Waals surface area contributed by atoms with Gasteiger partial charge in [0.15, 0.2) is 10.8 Å². The molecule has 0 unspecified atom stereocenters. The fourth-order valence-electron chi connectivity index (χ4n) is 2.36. The van der Waals surface area contributed by atoms with Crippen molar-refractivity contribution in [3.63, 3.8) is 0 Å². The van der Waals surface area contributed by atoms with Gasteiger partial charge in [0.1, 0.15) is 5.82 Å². The van der Waals surface area contributed by atoms with Gasteiger partial charge in [0.25, 0.3) is 0 Å². The maximum absolute atomic E-state index is 12.4. The zero-order valence-corrected chi connectivity index (χ0v) is 12.4. The second kappa shape index (κ2) is 6.07. The molecule has 0 saturated carbocycles. The van der Waals surface area contributed by atoms with Gasteiger partial charge in [-0.1, -0.05) is 0 Å². The first-order valence-corrected chi connectivity index (χ1v) is 7.72. The number of hydrogen-bond donors (Lipinski definition) is 1. The largest absolute Gasteiger partial charge is 0.435 e. The van der Waals surface area contributed by atoms with E-state index in [9.17, 15) is 13.2 Å². The minimum absolute atomic E-state index is 0.183. The zero-order chi connectivity index (χ0) is 15.6. The SMILES string of the molecule is FC(F)(F)c1ccc(NC2CCN(c3nccs3)CC2)nn1. The van der Waals surface area contributed by atoms with Crippen molar-refractivity contribution in [3.8, 4) is 0 Å². The number of hydrogen-bond acceptors (Lipinski definition) is 6. The average Bonchev–Trinajstić information content (AvgIpc) is 3.02. The molecule has 2 aromatic rings. The standard InChI is InChI=1S/C13H14F3N5S/c14-13(15,16)10-1-2-11(20-19-10)18-9-3-6-21(7-4-9)12-17-5-8-22-12/h1-2,5,8-9H,3-4,6-7H2,(H,18,20). The van der Waals surface area contributed by atoms with E-state index in [0.717, 1.165) is 37.1 Å². The Morgan fingerprint density at radius 1 is 1.18 bits per heavy atom. The Balaban J connectivity index is 1.54. The number of rotatable bonds is 3. The molecule has 118 valence electrons. The highest BCUT2D eigenvalue weighted by molar-refractivity contribution is 7.13. The lowest BCUT2D eigenvalue weighted by Gasteiger charge is -2.32. The van der Waals surface area contributed by atoms with Gasteiger partial charge in [-0.15, -0.1) is 21.5 Å². The minimum Gasteiger partial charge on any atom is -0.366 e. The molecule has 2 aromatic heterocycles. The summed E-state index contributed by atoms with van der Waals surface area (Å²) >= 11 is 1.60. The van der Waals surface area contributed by atoms with Crippen molar-refractivity contribution in [3.05, 3.63) is 29.4 Å². The van der Waals surface area contributed by atoms with Gasteiger partial charge in [0, 0.05) is 30.7 Å². The third-order valence-corrected chi connectivity index (χ3v) is 4.32. The molecule has 3 rings (SSSR count). The molecule has 0 aromatic carbocycles. The quantitative estimate of drug-likeness (QED) is 0.938. The Hall–Kier alpha value is -1.90. The monoisotopic (exact) mass is 329 g/mol. The Morgan fingerprint density at radius 3 is 2.50 bits per heavy atom. The molecule has 9 heteroatoms. The highest BCUT2D eigenvalue weighted by Crippen LogP contribution is 2.27. The molecule has 22 heavy (non-hydrogen) atoms. The molecular weight excluding hydrogens is 315 g/mol. The normalized spacial score (nSPS) is 16.8. The molecule has 0 bridgehead atoms. The first-order valence-electron chi connectivity index (χ1n) is 6.84. The van der Waals surface area contributed by atoms with Crippen LogP contribution >= 0.6 is 11.3 Å². The molecule has 0 aliphatic carbocycles. The number of alkyl halides is 3. The Labute approximate surface area is 129 Å². The van der Waals surface area contributed by atoms with E-state index in [1.807, 2.05) is 5.38 Å². The van der Waals surface area contributed by atoms with Crippen LogP contribution in [0.25, 0.3) is 0 Å². The van der Waals surface area contributed by atoms with Crippen molar-refractivity contribution in [2.45, 2.75) is 25.1 Å². The second-order valence-corrected chi connectivity index (χ2v) is 5.89. The summed E-state index contributed by atoms with van der Waals surface area (Å²) in [6.07, 6.45) is -0.919. The number of thiazole rings is 1. The number of halogens is 3. The van der Waals surface area contributed by atoms with Crippen LogP contribution in [-0.2, 0) is 6.18 Å². The van der Waals surface area contributed by atoms with Gasteiger partial charge in [-0.2, -0.15) is 13.2 Å². The van der Waals surface area contributed by atoms with Gasteiger partial charge >= 0.3 is 6.18 Å². The lowest BCUT2D eigenvalue weighted by atomic mass is 10.1. The third kappa shape index (κ3) is 3.46. The fraction of sp³-hybridized carbons (Fsp3) is 0.462. The Kier molecular flexibility index (Phi) is 4.14. The number of nitrogens with one attached hydrogen (secondary N) is 1. The van der Waals surface area contributed by atoms with Crippen molar-refractivity contribution >= 4 is 22.3 Å². The van der Waals surface area contributed by atoms with E-state index in [1.54, 1.807) is 17.5 Å². The van der Waals surface area contributed by atoms with Crippen LogP contribution in [0.1, 0.15) is 18.5 Å². The van der Waals surface area contributed by atoms with E-state index in [1.165, 1.54) is 6.07 Å². The van der Waals surface area contributed by atoms with Crippen molar-refractivity contribution in [1.82, 2.24) is 15.2 Å². The van der Waals surface area contributed by atoms with Crippen LogP contribution in [0, 0.1) is 0 Å². The van der Waals surface area contributed by atoms with E-state index in [2.05, 4.69) is 25.4 Å². The molecule has 3 heterocycles. The van der Waals surface area contributed by atoms with Gasteiger partial charge < -0.3 is 10.2 Å². The molecule has 0 atom stereocenters. The average molecular weight is 329 g/mol. The molecule has 1 fully saturated rings. The van der Waals surface area contributed by atoms with Crippen LogP contribution in [0.2, 0.25) is 0 Å². The minimum atomic E-state index is -4.45. The van der Waals surface area contributed by atoms with Crippen LogP contribution in [0.5, 0.6) is 0 Å². The first kappa shape index (κ1) is 15.0. The number of nitrogens with zero attached hydrogens (tertiary/aromatic N) is 4. The van der Waals surface area contributed by atoms with Gasteiger partial charge in [-0.05, 0) is 25.0 Å². The summed E-state index contributed by atoms with van der Waals surface area (Å²) in [4.78, 5) is 6.49. The van der Waals surface area contributed by atoms with Crippen LogP contribution < -0.4 is 10.2 Å². The lowest BCUT2D eigenvalue weighted by Crippen LogP contribution is -2.39. The summed E-state index contributed by atoms with van der Waals surface area (Å²) in [5, 5.41) is 12.9. The van der Waals surface area contributed by atoms with E-state index in [0.29, 0.717) is 5.82 Å². The summed E-state index contributed by atoms with van der Waals surface area (Å²) in [6.45, 7) is 1.72. The van der Waals surface area contributed by atoms with E-state index in [-0.39, 0.29) is 6.04 Å². The highest BCUT2D eigenvalue weighted by Gasteiger charge is 2.33. The maximum atomic E-state index is 12.4. The van der Waals surface area contributed by atoms with Crippen LogP contribution in [0.3, 0.4) is 0 Å². The zero-order valence-electron chi connectivity index (χ0n) is 11.5. The van der Waals surface area contributed by atoms with Gasteiger partial charge in [-0.3, -0.25) is 0 Å². The van der Waals surface area contributed by atoms with E-state index < -0.39 is 11.9 Å². The summed E-state index contributed by atoms with van der Waals surface area (Å²) < 4.78 is 37.3. The second-order valence-electron chi connectivity index (χ2n) is 5.02. The molecule has 0 radical (unpaired) electrons. The van der Waals surface area contributed by atoms with E-state index in [4.69, 9.17) is 0 Å². The van der Waals surface area contributed by atoms with Gasteiger partial charge in [0.2, 0.25) is 0 Å². The molecule has 1 aliphatic rings. The molecule has 1 N–H and O–H groups in total. The molecule has 0 amide bonds. The van der Waals surface area contributed by atoms with Gasteiger partial charge in [-0.25, -0.2) is 4.98 Å². The maximum Gasteiger partial charge on any atom is 0.435 e. The van der Waals surface area contributed by atoms with Crippen LogP contribution in [-0.4, -0.2) is 34.3 Å². The summed E-state index contributed by atoms with van der Waals surface area (Å²) in [5.74, 6) is 0.376. The first-order chi connectivity index (χ1) is 10.5. The van der Waals surface area contributed by atoms with Crippen molar-refractivity contribution in [2.24, 2.45) is 0 Å². The molecule has 1 aliphatic heterocycles. The summed E-state index contributed by atoms with van der Waals surface area (Å²) in [7, 11) is 0. The number of aromatic nitrogens is 3. The highest BCUT2D eigenvalue weighted by atomic mass is 32.1. The van der Waals surface area contributed by atoms with Crippen molar-refractivity contribution in [2.75, 3.05) is 23.3 Å². The predicted molar refractivity (Wildman–Crippen MR) is 78.0 cm³/mol. The smallest absolute Gasteiger partial charge is 0.366 e. The van der Waals surface area contributed by atoms with Gasteiger partial charge in [0.05, 0.1) is 0 Å². The fourth-order valence-corrected chi connectivity index (χ4v) is 3.05.